The molecule has 0 saturated carbocycles. The zero-order valence-electron chi connectivity index (χ0n) is 13.5. The molecular formula is C10H14FN5O10P2. The first kappa shape index (κ1) is 21.1. The molecule has 156 valence electrons. The van der Waals surface area contributed by atoms with Crippen molar-refractivity contribution in [2.75, 3.05) is 12.3 Å². The first-order chi connectivity index (χ1) is 12.9. The van der Waals surface area contributed by atoms with Crippen LogP contribution in [0.4, 0.5) is 10.2 Å². The number of aromatic nitrogens is 4. The molecule has 1 saturated heterocycles. The molecule has 0 aliphatic carbocycles. The minimum Gasteiger partial charge on any atom is -0.387 e. The Labute approximate surface area is 154 Å². The molecule has 7 N–H and O–H groups in total. The molecular weight excluding hydrogens is 431 g/mol. The zero-order chi connectivity index (χ0) is 20.9. The topological polar surface area (TPSA) is 233 Å². The number of rotatable bonds is 6. The summed E-state index contributed by atoms with van der Waals surface area (Å²) < 4.78 is 49.9. The minimum atomic E-state index is -5.33. The van der Waals surface area contributed by atoms with Crippen LogP contribution >= 0.6 is 15.6 Å². The Kier molecular flexibility index (Phi) is 5.55. The fraction of sp³-hybridized carbons (Fsp3) is 0.500. The number of aliphatic hydroxyl groups is 2. The smallest absolute Gasteiger partial charge is 0.387 e. The quantitative estimate of drug-likeness (QED) is 0.217. The highest BCUT2D eigenvalue weighted by molar-refractivity contribution is 7.60. The summed E-state index contributed by atoms with van der Waals surface area (Å²) in [5.41, 5.74) is 5.38. The first-order valence-corrected chi connectivity index (χ1v) is 10.3. The third kappa shape index (κ3) is 4.36. The van der Waals surface area contributed by atoms with Crippen LogP contribution in [0.3, 0.4) is 0 Å². The summed E-state index contributed by atoms with van der Waals surface area (Å²) >= 11 is 0. The predicted octanol–water partition coefficient (Wildman–Crippen LogP) is -1.61. The second-order valence-electron chi connectivity index (χ2n) is 5.58. The molecule has 5 atom stereocenters. The lowest BCUT2D eigenvalue weighted by Crippen LogP contribution is -2.33. The number of nitrogens with two attached hydrogens (primary N) is 1. The molecule has 3 heterocycles. The zero-order valence-corrected chi connectivity index (χ0v) is 15.3. The number of halogens is 1. The fourth-order valence-electron chi connectivity index (χ4n) is 2.52. The van der Waals surface area contributed by atoms with Gasteiger partial charge >= 0.3 is 21.7 Å². The van der Waals surface area contributed by atoms with E-state index in [-0.39, 0.29) is 17.0 Å². The predicted molar refractivity (Wildman–Crippen MR) is 84.5 cm³/mol. The van der Waals surface area contributed by atoms with Crippen LogP contribution in [0.25, 0.3) is 11.2 Å². The van der Waals surface area contributed by atoms with Gasteiger partial charge in [-0.25, -0.2) is 14.1 Å². The number of nitrogen functional groups attached to an aromatic ring is 1. The van der Waals surface area contributed by atoms with Gasteiger partial charge in [-0.3, -0.25) is 9.09 Å². The Hall–Kier alpha value is -1.58. The Morgan fingerprint density at radius 3 is 2.57 bits per heavy atom. The number of anilines is 1. The number of phosphoric acid groups is 2. The van der Waals surface area contributed by atoms with E-state index in [9.17, 15) is 28.6 Å². The second kappa shape index (κ2) is 7.35. The van der Waals surface area contributed by atoms with Crippen LogP contribution in [0.1, 0.15) is 6.23 Å². The van der Waals surface area contributed by atoms with Crippen molar-refractivity contribution in [3.05, 3.63) is 12.4 Å². The van der Waals surface area contributed by atoms with Gasteiger partial charge in [-0.15, -0.1) is 0 Å². The highest BCUT2D eigenvalue weighted by atomic mass is 31.3. The first-order valence-electron chi connectivity index (χ1n) is 7.29. The Morgan fingerprint density at radius 2 is 1.93 bits per heavy atom. The van der Waals surface area contributed by atoms with Crippen LogP contribution in [-0.4, -0.2) is 69.3 Å². The lowest BCUT2D eigenvalue weighted by atomic mass is 10.1. The van der Waals surface area contributed by atoms with E-state index in [1.54, 1.807) is 0 Å². The number of fused-ring (bicyclic) bond motifs is 1. The van der Waals surface area contributed by atoms with Crippen molar-refractivity contribution in [2.45, 2.75) is 24.5 Å². The van der Waals surface area contributed by atoms with Crippen molar-refractivity contribution in [1.82, 2.24) is 19.5 Å². The third-order valence-corrected chi connectivity index (χ3v) is 5.80. The van der Waals surface area contributed by atoms with E-state index in [1.807, 2.05) is 0 Å². The maximum Gasteiger partial charge on any atom is 0.481 e. The Morgan fingerprint density at radius 1 is 1.25 bits per heavy atom. The average Bonchev–Trinajstić information content (AvgIpc) is 3.06. The molecule has 2 aromatic rings. The van der Waals surface area contributed by atoms with Crippen molar-refractivity contribution in [3.63, 3.8) is 0 Å². The van der Waals surface area contributed by atoms with Crippen molar-refractivity contribution in [3.8, 4) is 0 Å². The summed E-state index contributed by atoms with van der Waals surface area (Å²) in [7, 11) is -10.5. The molecule has 1 unspecified atom stereocenters. The van der Waals surface area contributed by atoms with Crippen LogP contribution in [0.15, 0.2) is 6.33 Å². The van der Waals surface area contributed by atoms with Gasteiger partial charge in [0.15, 0.2) is 23.2 Å². The molecule has 0 aromatic carbocycles. The second-order valence-corrected chi connectivity index (χ2v) is 8.41. The number of hydrogen-bond acceptors (Lipinski definition) is 11. The van der Waals surface area contributed by atoms with E-state index in [0.717, 1.165) is 10.9 Å². The number of aliphatic hydroxyl groups excluding tert-OH is 2. The molecule has 15 nitrogen and oxygen atoms in total. The van der Waals surface area contributed by atoms with Gasteiger partial charge in [-0.05, 0) is 0 Å². The summed E-state index contributed by atoms with van der Waals surface area (Å²) in [6.07, 6.45) is -6.18. The Bertz CT molecular complexity index is 983. The number of hydrogen-bond donors (Lipinski definition) is 6. The van der Waals surface area contributed by atoms with Gasteiger partial charge in [-0.2, -0.15) is 18.7 Å². The van der Waals surface area contributed by atoms with Crippen molar-refractivity contribution >= 4 is 32.6 Å². The highest BCUT2D eigenvalue weighted by Gasteiger charge is 2.46. The van der Waals surface area contributed by atoms with Crippen LogP contribution in [0.2, 0.25) is 0 Å². The Balaban J connectivity index is 1.78. The molecule has 3 rings (SSSR count). The number of phosphoric ester groups is 1. The van der Waals surface area contributed by atoms with E-state index < -0.39 is 52.9 Å². The van der Waals surface area contributed by atoms with E-state index in [0.29, 0.717) is 0 Å². The molecule has 0 spiro atoms. The van der Waals surface area contributed by atoms with E-state index in [4.69, 9.17) is 20.3 Å². The third-order valence-electron chi connectivity index (χ3n) is 3.64. The number of imidazole rings is 1. The summed E-state index contributed by atoms with van der Waals surface area (Å²) in [5, 5.41) is 20.2. The van der Waals surface area contributed by atoms with Crippen molar-refractivity contribution < 1.29 is 52.0 Å². The lowest BCUT2D eigenvalue weighted by Gasteiger charge is -2.17. The summed E-state index contributed by atoms with van der Waals surface area (Å²) in [5.74, 6) is -0.273. The molecule has 1 aliphatic heterocycles. The van der Waals surface area contributed by atoms with Gasteiger partial charge in [0.05, 0.1) is 12.9 Å². The van der Waals surface area contributed by atoms with E-state index in [1.165, 1.54) is 0 Å². The molecule has 0 radical (unpaired) electrons. The molecule has 0 bridgehead atoms. The highest BCUT2D eigenvalue weighted by Crippen LogP contribution is 2.57. The normalized spacial score (nSPS) is 27.9. The SMILES string of the molecule is Nc1nc(F)nc2c1ncn2[C@@H]1O[C@H](COP(=O)(O)OP(=O)(O)O)[C@@H](O)[C@@H]1O. The summed E-state index contributed by atoms with van der Waals surface area (Å²) in [6, 6.07) is 0. The van der Waals surface area contributed by atoms with E-state index in [2.05, 4.69) is 23.8 Å². The standard InChI is InChI=1S/C10H14FN5O10P2/c11-10-14-7(12)4-8(15-10)16(2-13-4)9-6(18)5(17)3(25-9)1-24-28(22,23)26-27(19,20)21/h2-3,5-6,9,17-18H,1H2,(H,22,23)(H2,12,14,15)(H2,19,20,21)/t3-,5-,6+,9-/m1/s1. The number of nitrogens with zero attached hydrogens (tertiary/aromatic N) is 4. The maximum atomic E-state index is 13.4. The largest absolute Gasteiger partial charge is 0.481 e. The maximum absolute atomic E-state index is 13.4. The average molecular weight is 445 g/mol. The summed E-state index contributed by atoms with van der Waals surface area (Å²) in [6.45, 7) is -0.888. The van der Waals surface area contributed by atoms with Crippen LogP contribution in [0.5, 0.6) is 0 Å². The molecule has 28 heavy (non-hydrogen) atoms. The van der Waals surface area contributed by atoms with Gasteiger partial charge in [0.2, 0.25) is 0 Å². The van der Waals surface area contributed by atoms with Crippen LogP contribution < -0.4 is 5.73 Å². The fourth-order valence-corrected chi connectivity index (χ4v) is 4.12. The molecule has 1 aliphatic rings. The van der Waals surface area contributed by atoms with Crippen LogP contribution in [-0.2, 0) is 22.7 Å². The van der Waals surface area contributed by atoms with Gasteiger partial charge in [0.25, 0.3) is 0 Å². The van der Waals surface area contributed by atoms with E-state index >= 15 is 0 Å². The molecule has 1 fully saturated rings. The lowest BCUT2D eigenvalue weighted by molar-refractivity contribution is -0.0503. The van der Waals surface area contributed by atoms with Gasteiger partial charge in [0.1, 0.15) is 18.3 Å². The molecule has 18 heteroatoms. The van der Waals surface area contributed by atoms with Gasteiger partial charge in [0, 0.05) is 0 Å². The minimum absolute atomic E-state index is 0.00120. The van der Waals surface area contributed by atoms with Gasteiger partial charge < -0.3 is 35.4 Å². The molecule has 2 aromatic heterocycles. The van der Waals surface area contributed by atoms with Crippen molar-refractivity contribution in [2.24, 2.45) is 0 Å². The molecule has 0 amide bonds. The monoisotopic (exact) mass is 445 g/mol. The summed E-state index contributed by atoms with van der Waals surface area (Å²) in [4.78, 5) is 37.0. The van der Waals surface area contributed by atoms with Crippen LogP contribution in [0, 0.1) is 6.08 Å². The van der Waals surface area contributed by atoms with Gasteiger partial charge in [-0.1, -0.05) is 0 Å². The number of ether oxygens (including phenoxy) is 1. The van der Waals surface area contributed by atoms with Crippen molar-refractivity contribution in [1.29, 1.82) is 0 Å².